The molecule has 0 unspecified atom stereocenters. The second kappa shape index (κ2) is 9.88. The summed E-state index contributed by atoms with van der Waals surface area (Å²) in [7, 11) is 0. The molecule has 22 heavy (non-hydrogen) atoms. The zero-order valence-corrected chi connectivity index (χ0v) is 19.5. The predicted octanol–water partition coefficient (Wildman–Crippen LogP) is 3.81. The van der Waals surface area contributed by atoms with Crippen LogP contribution in [0.15, 0.2) is 19.8 Å². The van der Waals surface area contributed by atoms with E-state index in [0.29, 0.717) is 0 Å². The predicted molar refractivity (Wildman–Crippen MR) is 94.3 cm³/mol. The van der Waals surface area contributed by atoms with E-state index in [1.54, 1.807) is 0 Å². The molecule has 0 saturated heterocycles. The molecule has 0 aromatic heterocycles. The van der Waals surface area contributed by atoms with E-state index in [9.17, 15) is 3.50 Å². The van der Waals surface area contributed by atoms with Crippen LogP contribution in [0, 0.1) is 0 Å². The van der Waals surface area contributed by atoms with Gasteiger partial charge in [0.05, 0.1) is 0 Å². The monoisotopic (exact) mass is 451 g/mol. The average Bonchev–Trinajstić information content (AvgIpc) is 2.97. The first kappa shape index (κ1) is 20.8. The molecule has 0 spiro atoms. The van der Waals surface area contributed by atoms with Gasteiger partial charge in [-0.3, -0.25) is 0 Å². The molecule has 1 rings (SSSR count). The molecule has 0 aromatic carbocycles. The third-order valence-corrected chi connectivity index (χ3v) is 18.0. The van der Waals surface area contributed by atoms with E-state index in [1.807, 2.05) is 11.5 Å². The normalized spacial score (nSPS) is 15.9. The van der Waals surface area contributed by atoms with Crippen molar-refractivity contribution in [3.05, 3.63) is 19.8 Å². The summed E-state index contributed by atoms with van der Waals surface area (Å²) < 4.78 is 28.9. The topological polar surface area (TPSA) is 36.1 Å². The van der Waals surface area contributed by atoms with Gasteiger partial charge in [0.2, 0.25) is 0 Å². The summed E-state index contributed by atoms with van der Waals surface area (Å²) in [4.78, 5) is 0. The van der Waals surface area contributed by atoms with Gasteiger partial charge in [0, 0.05) is 0 Å². The summed E-state index contributed by atoms with van der Waals surface area (Å²) in [6.45, 7) is 9.59. The van der Waals surface area contributed by atoms with Crippen LogP contribution in [0.25, 0.3) is 0 Å². The van der Waals surface area contributed by atoms with Crippen LogP contribution in [-0.2, 0) is 21.1 Å². The van der Waals surface area contributed by atoms with Crippen molar-refractivity contribution >= 4 is 13.7 Å². The fourth-order valence-corrected chi connectivity index (χ4v) is 21.1. The van der Waals surface area contributed by atoms with E-state index in [4.69, 9.17) is 0 Å². The zero-order valence-electron chi connectivity index (χ0n) is 15.0. The Labute approximate surface area is 145 Å². The van der Waals surface area contributed by atoms with Crippen molar-refractivity contribution in [1.82, 2.24) is 9.78 Å². The zero-order chi connectivity index (χ0) is 16.6. The third-order valence-electron chi connectivity index (χ3n) is 3.95. The molecule has 0 bridgehead atoms. The van der Waals surface area contributed by atoms with Gasteiger partial charge < -0.3 is 0 Å². The minimum atomic E-state index is -3.32. The summed E-state index contributed by atoms with van der Waals surface area (Å²) in [6, 6.07) is 0. The van der Waals surface area contributed by atoms with Gasteiger partial charge in [0.15, 0.2) is 0 Å². The Hall–Kier alpha value is 0.716. The first-order valence-corrected chi connectivity index (χ1v) is 19.7. The summed E-state index contributed by atoms with van der Waals surface area (Å²) in [6.07, 6.45) is 8.49. The Morgan fingerprint density at radius 3 is 1.82 bits per heavy atom. The first-order chi connectivity index (χ1) is 10.4. The SMILES string of the molecule is CCC[NH][Zr]([NH]CCC)([NH]CCC)[C]1=[C]([Ge]([CH3])([CH3])[F])C=CC1. The van der Waals surface area contributed by atoms with E-state index in [-0.39, 0.29) is 0 Å². The van der Waals surface area contributed by atoms with Crippen molar-refractivity contribution < 1.29 is 24.6 Å². The van der Waals surface area contributed by atoms with Crippen molar-refractivity contribution in [2.75, 3.05) is 19.6 Å². The molecular formula is C16H34FGeN3Zr. The van der Waals surface area contributed by atoms with Crippen LogP contribution in [0.4, 0.5) is 3.50 Å². The Bertz CT molecular complexity index is 383. The molecule has 0 heterocycles. The second-order valence-corrected chi connectivity index (χ2v) is 21.6. The number of hydrogen-bond acceptors (Lipinski definition) is 3. The second-order valence-electron chi connectivity index (χ2n) is 6.50. The van der Waals surface area contributed by atoms with Gasteiger partial charge in [-0.25, -0.2) is 0 Å². The molecule has 0 atom stereocenters. The molecule has 0 amide bonds. The molecule has 0 aliphatic heterocycles. The van der Waals surface area contributed by atoms with Gasteiger partial charge in [0.1, 0.15) is 0 Å². The minimum absolute atomic E-state index is 0.925. The van der Waals surface area contributed by atoms with Gasteiger partial charge in [-0.05, 0) is 0 Å². The quantitative estimate of drug-likeness (QED) is 0.419. The molecule has 128 valence electrons. The number of halogens is 1. The Kier molecular flexibility index (Phi) is 9.32. The first-order valence-electron chi connectivity index (χ1n) is 8.75. The molecule has 0 radical (unpaired) electrons. The van der Waals surface area contributed by atoms with Crippen LogP contribution in [-0.4, -0.2) is 33.4 Å². The Morgan fingerprint density at radius 2 is 1.45 bits per heavy atom. The van der Waals surface area contributed by atoms with Crippen LogP contribution in [0.2, 0.25) is 11.5 Å². The van der Waals surface area contributed by atoms with E-state index in [0.717, 1.165) is 49.7 Å². The molecular weight excluding hydrogens is 417 g/mol. The van der Waals surface area contributed by atoms with Crippen molar-refractivity contribution in [3.63, 3.8) is 0 Å². The van der Waals surface area contributed by atoms with Crippen LogP contribution < -0.4 is 9.78 Å². The maximum atomic E-state index is 14.9. The Morgan fingerprint density at radius 1 is 1.00 bits per heavy atom. The van der Waals surface area contributed by atoms with Gasteiger partial charge in [-0.1, -0.05) is 0 Å². The molecule has 3 nitrogen and oxygen atoms in total. The average molecular weight is 451 g/mol. The van der Waals surface area contributed by atoms with E-state index in [2.05, 4.69) is 42.7 Å². The maximum absolute atomic E-state index is 14.9. The van der Waals surface area contributed by atoms with E-state index < -0.39 is 34.9 Å². The van der Waals surface area contributed by atoms with Crippen LogP contribution in [0.3, 0.4) is 0 Å². The van der Waals surface area contributed by atoms with E-state index >= 15 is 0 Å². The van der Waals surface area contributed by atoms with Crippen molar-refractivity contribution in [1.29, 1.82) is 0 Å². The van der Waals surface area contributed by atoms with E-state index in [1.165, 1.54) is 3.28 Å². The van der Waals surface area contributed by atoms with Crippen molar-refractivity contribution in [3.8, 4) is 0 Å². The van der Waals surface area contributed by atoms with Crippen LogP contribution >= 0.6 is 0 Å². The van der Waals surface area contributed by atoms with Gasteiger partial charge in [-0.2, -0.15) is 0 Å². The molecule has 1 aliphatic carbocycles. The van der Waals surface area contributed by atoms with Gasteiger partial charge >= 0.3 is 146 Å². The van der Waals surface area contributed by atoms with Gasteiger partial charge in [0.25, 0.3) is 0 Å². The number of nitrogens with one attached hydrogen (secondary N) is 3. The number of hydrogen-bond donors (Lipinski definition) is 3. The standard InChI is InChI=1S/C7H10FGe.3C3H8N.Zr/c1-9(2,8)7-5-3-4-6-7;3*1-2-3-4;/h3,5H,4H2,1-2H3;3*4H,2-3H2,1H3;/q;3*-1;+3. The third kappa shape index (κ3) is 5.66. The molecule has 6 heteroatoms. The van der Waals surface area contributed by atoms with Crippen LogP contribution in [0.1, 0.15) is 46.5 Å². The summed E-state index contributed by atoms with van der Waals surface area (Å²) in [5.41, 5.74) is 0. The fraction of sp³-hybridized carbons (Fsp3) is 0.750. The number of allylic oxidation sites excluding steroid dienone is 4. The Balaban J connectivity index is 3.19. The molecule has 1 aliphatic rings. The van der Waals surface area contributed by atoms with Crippen LogP contribution in [0.5, 0.6) is 0 Å². The number of rotatable bonds is 11. The molecule has 3 N–H and O–H groups in total. The van der Waals surface area contributed by atoms with Gasteiger partial charge in [-0.15, -0.1) is 0 Å². The fourth-order valence-electron chi connectivity index (χ4n) is 2.86. The molecule has 0 aromatic rings. The summed E-state index contributed by atoms with van der Waals surface area (Å²) >= 11 is -6.44. The summed E-state index contributed by atoms with van der Waals surface area (Å²) in [5.74, 6) is 3.72. The summed E-state index contributed by atoms with van der Waals surface area (Å²) in [5, 5.41) is 0. The van der Waals surface area contributed by atoms with Crippen molar-refractivity contribution in [2.24, 2.45) is 0 Å². The molecule has 0 saturated carbocycles. The molecule has 0 fully saturated rings. The van der Waals surface area contributed by atoms with Crippen molar-refractivity contribution in [2.45, 2.75) is 58.0 Å².